The van der Waals surface area contributed by atoms with Gasteiger partial charge in [0.1, 0.15) is 5.78 Å². The molecule has 0 aliphatic heterocycles. The Morgan fingerprint density at radius 3 is 2.09 bits per heavy atom. The molecule has 2 nitrogen and oxygen atoms in total. The van der Waals surface area contributed by atoms with Crippen LogP contribution in [0.25, 0.3) is 0 Å². The number of carbonyl (C=O) groups is 1. The fourth-order valence-corrected chi connectivity index (χ4v) is 5.52. The fraction of sp³-hybridized carbons (Fsp3) is 0.941. The highest BCUT2D eigenvalue weighted by Gasteiger charge is 2.54. The van der Waals surface area contributed by atoms with Crippen LogP contribution in [0.2, 0.25) is 0 Å². The third-order valence-electron chi connectivity index (χ3n) is 5.98. The van der Waals surface area contributed by atoms with Crippen molar-refractivity contribution >= 4 is 5.78 Å². The monoisotopic (exact) mass is 317 g/mol. The second kappa shape index (κ2) is 5.81. The van der Waals surface area contributed by atoms with E-state index in [1.54, 1.807) is 0 Å². The van der Waals surface area contributed by atoms with Gasteiger partial charge in [-0.05, 0) is 68.7 Å². The second-order valence-corrected chi connectivity index (χ2v) is 8.18. The molecule has 1 N–H and O–H groups in total. The number of halogens is 3. The van der Waals surface area contributed by atoms with Crippen molar-refractivity contribution in [3.8, 4) is 0 Å². The topological polar surface area (TPSA) is 29.1 Å². The molecular formula is C17H26F3NO. The largest absolute Gasteiger partial charge is 0.401 e. The maximum atomic E-state index is 12.8. The van der Waals surface area contributed by atoms with Crippen LogP contribution in [-0.2, 0) is 4.79 Å². The summed E-state index contributed by atoms with van der Waals surface area (Å²) in [6.45, 7) is 1.17. The lowest BCUT2D eigenvalue weighted by Gasteiger charge is -2.56. The molecule has 0 aromatic heterocycles. The van der Waals surface area contributed by atoms with Crippen molar-refractivity contribution in [2.75, 3.05) is 13.1 Å². The number of ketones is 1. The van der Waals surface area contributed by atoms with Gasteiger partial charge in [-0.3, -0.25) is 4.79 Å². The zero-order chi connectivity index (χ0) is 16.0. The van der Waals surface area contributed by atoms with Gasteiger partial charge in [-0.15, -0.1) is 0 Å². The maximum absolute atomic E-state index is 12.8. The first-order valence-electron chi connectivity index (χ1n) is 8.56. The number of nitrogens with one attached hydrogen (secondary N) is 1. The Hall–Kier alpha value is -0.580. The molecule has 4 aliphatic carbocycles. The van der Waals surface area contributed by atoms with Crippen LogP contribution in [0.15, 0.2) is 0 Å². The van der Waals surface area contributed by atoms with Gasteiger partial charge in [0, 0.05) is 11.8 Å². The first-order chi connectivity index (χ1) is 10.3. The van der Waals surface area contributed by atoms with E-state index in [9.17, 15) is 18.0 Å². The lowest BCUT2D eigenvalue weighted by molar-refractivity contribution is -0.144. The lowest BCUT2D eigenvalue weighted by Crippen LogP contribution is -2.50. The molecule has 4 rings (SSSR count). The van der Waals surface area contributed by atoms with E-state index in [-0.39, 0.29) is 17.9 Å². The molecule has 126 valence electrons. The Labute approximate surface area is 130 Å². The molecular weight excluding hydrogens is 291 g/mol. The van der Waals surface area contributed by atoms with E-state index >= 15 is 0 Å². The fourth-order valence-electron chi connectivity index (χ4n) is 5.52. The second-order valence-electron chi connectivity index (χ2n) is 8.18. The summed E-state index contributed by atoms with van der Waals surface area (Å²) in [7, 11) is 0. The molecule has 0 heterocycles. The Bertz CT molecular complexity index is 397. The maximum Gasteiger partial charge on any atom is 0.401 e. The molecule has 22 heavy (non-hydrogen) atoms. The minimum Gasteiger partial charge on any atom is -0.308 e. The Morgan fingerprint density at radius 1 is 1.14 bits per heavy atom. The summed E-state index contributed by atoms with van der Waals surface area (Å²) in [5.74, 6) is 2.49. The van der Waals surface area contributed by atoms with E-state index < -0.39 is 12.7 Å². The third kappa shape index (κ3) is 3.50. The van der Waals surface area contributed by atoms with Crippen molar-refractivity contribution in [2.45, 2.75) is 58.0 Å². The summed E-state index contributed by atoms with van der Waals surface area (Å²) in [6.07, 6.45) is 3.28. The van der Waals surface area contributed by atoms with Gasteiger partial charge in [0.05, 0.1) is 6.54 Å². The molecule has 1 atom stereocenters. The molecule has 0 saturated heterocycles. The number of alkyl halides is 3. The third-order valence-corrected chi connectivity index (χ3v) is 5.98. The predicted octanol–water partition coefficient (Wildman–Crippen LogP) is 3.95. The van der Waals surface area contributed by atoms with Crippen molar-refractivity contribution in [1.29, 1.82) is 0 Å². The smallest absolute Gasteiger partial charge is 0.308 e. The molecule has 5 heteroatoms. The molecule has 4 bridgehead atoms. The summed E-state index contributed by atoms with van der Waals surface area (Å²) >= 11 is 0. The molecule has 4 saturated carbocycles. The van der Waals surface area contributed by atoms with Gasteiger partial charge in [-0.2, -0.15) is 13.2 Å². The first-order valence-corrected chi connectivity index (χ1v) is 8.56. The van der Waals surface area contributed by atoms with Gasteiger partial charge in [0.15, 0.2) is 0 Å². The minimum absolute atomic E-state index is 0.0251. The highest BCUT2D eigenvalue weighted by atomic mass is 19.4. The highest BCUT2D eigenvalue weighted by Crippen LogP contribution is 2.60. The average Bonchev–Trinajstić information content (AvgIpc) is 2.35. The van der Waals surface area contributed by atoms with E-state index in [2.05, 4.69) is 5.32 Å². The predicted molar refractivity (Wildman–Crippen MR) is 78.3 cm³/mol. The van der Waals surface area contributed by atoms with Crippen molar-refractivity contribution in [3.63, 3.8) is 0 Å². The average molecular weight is 317 g/mol. The number of hydrogen-bond acceptors (Lipinski definition) is 2. The van der Waals surface area contributed by atoms with Crippen LogP contribution in [-0.4, -0.2) is 25.0 Å². The van der Waals surface area contributed by atoms with Gasteiger partial charge < -0.3 is 5.32 Å². The van der Waals surface area contributed by atoms with E-state index in [4.69, 9.17) is 0 Å². The van der Waals surface area contributed by atoms with Crippen molar-refractivity contribution in [1.82, 2.24) is 5.32 Å². The molecule has 1 unspecified atom stereocenters. The van der Waals surface area contributed by atoms with E-state index in [0.29, 0.717) is 12.2 Å². The van der Waals surface area contributed by atoms with Crippen LogP contribution in [0.1, 0.15) is 51.9 Å². The van der Waals surface area contributed by atoms with Crippen LogP contribution in [0, 0.1) is 29.1 Å². The first kappa shape index (κ1) is 16.3. The van der Waals surface area contributed by atoms with Gasteiger partial charge >= 0.3 is 6.18 Å². The Morgan fingerprint density at radius 2 is 1.64 bits per heavy atom. The van der Waals surface area contributed by atoms with E-state index in [1.165, 1.54) is 19.3 Å². The summed E-state index contributed by atoms with van der Waals surface area (Å²) in [5, 5.41) is 2.43. The van der Waals surface area contributed by atoms with Crippen LogP contribution in [0.4, 0.5) is 13.2 Å². The number of carbonyl (C=O) groups excluding carboxylic acids is 1. The summed E-state index contributed by atoms with van der Waals surface area (Å²) in [5.41, 5.74) is -0.118. The lowest BCUT2D eigenvalue weighted by atomic mass is 9.48. The normalized spacial score (nSPS) is 38.3. The van der Waals surface area contributed by atoms with Crippen LogP contribution in [0.3, 0.4) is 0 Å². The van der Waals surface area contributed by atoms with Crippen molar-refractivity contribution in [3.05, 3.63) is 0 Å². The quantitative estimate of drug-likeness (QED) is 0.803. The van der Waals surface area contributed by atoms with Gasteiger partial charge in [0.25, 0.3) is 0 Å². The molecule has 0 aromatic carbocycles. The summed E-state index contributed by atoms with van der Waals surface area (Å²) < 4.78 is 36.4. The molecule has 4 aliphatic rings. The molecule has 4 fully saturated rings. The van der Waals surface area contributed by atoms with E-state index in [1.807, 2.05) is 6.92 Å². The van der Waals surface area contributed by atoms with Crippen molar-refractivity contribution in [2.24, 2.45) is 29.1 Å². The molecule has 0 radical (unpaired) electrons. The zero-order valence-electron chi connectivity index (χ0n) is 13.2. The molecule has 0 aromatic rings. The summed E-state index contributed by atoms with van der Waals surface area (Å²) in [4.78, 5) is 12.8. The minimum atomic E-state index is -4.18. The van der Waals surface area contributed by atoms with Crippen LogP contribution >= 0.6 is 0 Å². The number of Topliss-reactive ketones (excluding diaryl/α,β-unsaturated/α-hetero) is 1. The SMILES string of the molecule is CC(CNCC(F)(F)F)CC(=O)C12CC3CC(CC(C3)C1)C2. The number of rotatable bonds is 6. The van der Waals surface area contributed by atoms with Gasteiger partial charge in [0.2, 0.25) is 0 Å². The standard InChI is InChI=1S/C17H26F3NO/c1-11(9-21-10-17(18,19)20)2-15(22)16-6-12-3-13(7-16)5-14(4-12)8-16/h11-14,21H,2-10H2,1H3. The Balaban J connectivity index is 1.51. The van der Waals surface area contributed by atoms with Crippen LogP contribution < -0.4 is 5.32 Å². The van der Waals surface area contributed by atoms with Crippen LogP contribution in [0.5, 0.6) is 0 Å². The summed E-state index contributed by atoms with van der Waals surface area (Å²) in [6, 6.07) is 0. The van der Waals surface area contributed by atoms with Gasteiger partial charge in [-0.1, -0.05) is 6.92 Å². The zero-order valence-corrected chi connectivity index (χ0v) is 13.2. The molecule has 0 spiro atoms. The highest BCUT2D eigenvalue weighted by molar-refractivity contribution is 5.85. The number of hydrogen-bond donors (Lipinski definition) is 1. The van der Waals surface area contributed by atoms with Crippen molar-refractivity contribution < 1.29 is 18.0 Å². The molecule has 0 amide bonds. The van der Waals surface area contributed by atoms with E-state index in [0.717, 1.165) is 37.0 Å². The Kier molecular flexibility index (Phi) is 4.30. The van der Waals surface area contributed by atoms with Gasteiger partial charge in [-0.25, -0.2) is 0 Å².